The maximum absolute atomic E-state index is 9.50. The topological polar surface area (TPSA) is 70.1 Å². The molecule has 5 nitrogen and oxygen atoms in total. The third-order valence-corrected chi connectivity index (χ3v) is 7.33. The largest absolute Gasteiger partial charge is 0.396 e. The lowest BCUT2D eigenvalue weighted by atomic mass is 9.98. The molecule has 0 aromatic carbocycles. The second-order valence-electron chi connectivity index (χ2n) is 8.95. The summed E-state index contributed by atoms with van der Waals surface area (Å²) in [6, 6.07) is 2.43. The molecule has 1 fully saturated rings. The number of thiazole rings is 1. The van der Waals surface area contributed by atoms with E-state index >= 15 is 0 Å². The summed E-state index contributed by atoms with van der Waals surface area (Å²) >= 11 is 1.74. The van der Waals surface area contributed by atoms with Crippen LogP contribution in [0.1, 0.15) is 68.5 Å². The van der Waals surface area contributed by atoms with Crippen molar-refractivity contribution in [3.8, 4) is 10.6 Å². The Balaban J connectivity index is 1.80. The molecule has 0 radical (unpaired) electrons. The number of aromatic nitrogens is 2. The van der Waals surface area contributed by atoms with Crippen molar-refractivity contribution in [2.75, 3.05) is 23.8 Å². The van der Waals surface area contributed by atoms with Gasteiger partial charge in [0.15, 0.2) is 0 Å². The summed E-state index contributed by atoms with van der Waals surface area (Å²) in [5.74, 6) is 3.15. The van der Waals surface area contributed by atoms with E-state index in [4.69, 9.17) is 9.97 Å². The fourth-order valence-corrected chi connectivity index (χ4v) is 4.77. The van der Waals surface area contributed by atoms with E-state index in [-0.39, 0.29) is 12.6 Å². The van der Waals surface area contributed by atoms with Crippen LogP contribution in [0.15, 0.2) is 6.07 Å². The Hall–Kier alpha value is -1.66. The SMILES string of the molecule is CC[C@H](CO)CC[C@@H](C)Nc1nc(NCCC2CC2)cc(C)c1-c1nc(C)c(C)s1. The second-order valence-corrected chi connectivity index (χ2v) is 10.2. The van der Waals surface area contributed by atoms with E-state index in [2.05, 4.69) is 51.3 Å². The van der Waals surface area contributed by atoms with Crippen molar-refractivity contribution in [2.24, 2.45) is 11.8 Å². The number of aliphatic hydroxyl groups excluding tert-OH is 1. The van der Waals surface area contributed by atoms with Crippen molar-refractivity contribution in [1.82, 2.24) is 9.97 Å². The Kier molecular flexibility index (Phi) is 8.12. The molecule has 0 unspecified atom stereocenters. The van der Waals surface area contributed by atoms with Gasteiger partial charge in [-0.25, -0.2) is 9.97 Å². The highest BCUT2D eigenvalue weighted by Crippen LogP contribution is 2.37. The van der Waals surface area contributed by atoms with Crippen LogP contribution in [0.5, 0.6) is 0 Å². The lowest BCUT2D eigenvalue weighted by Gasteiger charge is -2.21. The van der Waals surface area contributed by atoms with Crippen LogP contribution < -0.4 is 10.6 Å². The van der Waals surface area contributed by atoms with Gasteiger partial charge in [-0.1, -0.05) is 26.2 Å². The molecular formula is C24H38N4OS. The zero-order valence-corrected chi connectivity index (χ0v) is 20.0. The van der Waals surface area contributed by atoms with E-state index in [0.717, 1.165) is 59.6 Å². The van der Waals surface area contributed by atoms with Gasteiger partial charge in [-0.2, -0.15) is 0 Å². The van der Waals surface area contributed by atoms with Gasteiger partial charge in [0.1, 0.15) is 16.6 Å². The number of nitrogens with one attached hydrogen (secondary N) is 2. The maximum atomic E-state index is 9.50. The van der Waals surface area contributed by atoms with E-state index in [9.17, 15) is 5.11 Å². The highest BCUT2D eigenvalue weighted by Gasteiger charge is 2.21. The lowest BCUT2D eigenvalue weighted by molar-refractivity contribution is 0.211. The molecule has 3 N–H and O–H groups in total. The summed E-state index contributed by atoms with van der Waals surface area (Å²) in [6.45, 7) is 12.0. The second kappa shape index (κ2) is 10.6. The molecular weight excluding hydrogens is 392 g/mol. The predicted molar refractivity (Wildman–Crippen MR) is 129 cm³/mol. The number of aryl methyl sites for hydroxylation is 3. The molecule has 2 aromatic heterocycles. The van der Waals surface area contributed by atoms with Gasteiger partial charge in [0.2, 0.25) is 0 Å². The Morgan fingerprint density at radius 1 is 1.20 bits per heavy atom. The van der Waals surface area contributed by atoms with Crippen LogP contribution in [0.3, 0.4) is 0 Å². The summed E-state index contributed by atoms with van der Waals surface area (Å²) in [7, 11) is 0. The van der Waals surface area contributed by atoms with Gasteiger partial charge >= 0.3 is 0 Å². The van der Waals surface area contributed by atoms with Gasteiger partial charge in [-0.05, 0) is 70.4 Å². The van der Waals surface area contributed by atoms with Crippen molar-refractivity contribution in [2.45, 2.75) is 79.2 Å². The number of nitrogens with zero attached hydrogens (tertiary/aromatic N) is 2. The summed E-state index contributed by atoms with van der Waals surface area (Å²) in [4.78, 5) is 11.0. The number of hydrogen-bond acceptors (Lipinski definition) is 6. The van der Waals surface area contributed by atoms with Crippen molar-refractivity contribution < 1.29 is 5.11 Å². The minimum absolute atomic E-state index is 0.268. The fraction of sp³-hybridized carbons (Fsp3) is 0.667. The number of pyridine rings is 1. The third-order valence-electron chi connectivity index (χ3n) is 6.24. The minimum atomic E-state index is 0.268. The number of aliphatic hydroxyl groups is 1. The van der Waals surface area contributed by atoms with E-state index in [0.29, 0.717) is 5.92 Å². The first-order valence-electron chi connectivity index (χ1n) is 11.5. The van der Waals surface area contributed by atoms with Crippen molar-refractivity contribution in [1.29, 1.82) is 0 Å². The molecule has 2 aromatic rings. The highest BCUT2D eigenvalue weighted by atomic mass is 32.1. The van der Waals surface area contributed by atoms with E-state index in [1.165, 1.54) is 29.7 Å². The van der Waals surface area contributed by atoms with E-state index in [1.54, 1.807) is 11.3 Å². The Morgan fingerprint density at radius 3 is 2.57 bits per heavy atom. The molecule has 2 heterocycles. The number of rotatable bonds is 12. The van der Waals surface area contributed by atoms with Crippen molar-refractivity contribution in [3.63, 3.8) is 0 Å². The maximum Gasteiger partial charge on any atom is 0.139 e. The van der Waals surface area contributed by atoms with Gasteiger partial charge in [0, 0.05) is 24.1 Å². The molecule has 1 aliphatic carbocycles. The fourth-order valence-electron chi connectivity index (χ4n) is 3.74. The lowest BCUT2D eigenvalue weighted by Crippen LogP contribution is -2.19. The molecule has 0 aliphatic heterocycles. The molecule has 166 valence electrons. The van der Waals surface area contributed by atoms with Gasteiger partial charge in [0.25, 0.3) is 0 Å². The molecule has 2 atom stereocenters. The van der Waals surface area contributed by atoms with Gasteiger partial charge in [0.05, 0.1) is 11.3 Å². The molecule has 0 spiro atoms. The molecule has 1 saturated carbocycles. The van der Waals surface area contributed by atoms with Gasteiger partial charge in [-0.15, -0.1) is 11.3 Å². The quantitative estimate of drug-likeness (QED) is 0.389. The first-order chi connectivity index (χ1) is 14.4. The van der Waals surface area contributed by atoms with Crippen LogP contribution in [0.2, 0.25) is 0 Å². The molecule has 0 saturated heterocycles. The average Bonchev–Trinajstić information content (AvgIpc) is 3.46. The van der Waals surface area contributed by atoms with Gasteiger partial charge < -0.3 is 15.7 Å². The Labute approximate surface area is 185 Å². The first-order valence-corrected chi connectivity index (χ1v) is 12.3. The normalized spacial score (nSPS) is 15.8. The van der Waals surface area contributed by atoms with Crippen LogP contribution in [-0.4, -0.2) is 34.3 Å². The zero-order valence-electron chi connectivity index (χ0n) is 19.2. The van der Waals surface area contributed by atoms with Crippen LogP contribution in [0.4, 0.5) is 11.6 Å². The predicted octanol–water partition coefficient (Wildman–Crippen LogP) is 5.94. The van der Waals surface area contributed by atoms with Crippen LogP contribution >= 0.6 is 11.3 Å². The molecule has 3 rings (SSSR count). The van der Waals surface area contributed by atoms with Crippen molar-refractivity contribution >= 4 is 23.0 Å². The first kappa shape index (κ1) is 23.0. The molecule has 0 amide bonds. The Morgan fingerprint density at radius 2 is 1.97 bits per heavy atom. The smallest absolute Gasteiger partial charge is 0.139 e. The van der Waals surface area contributed by atoms with E-state index in [1.807, 2.05) is 0 Å². The summed E-state index contributed by atoms with van der Waals surface area (Å²) < 4.78 is 0. The summed E-state index contributed by atoms with van der Waals surface area (Å²) in [6.07, 6.45) is 7.04. The standard InChI is InChI=1S/C24H38N4OS/c1-6-19(14-29)8-7-16(3)26-23-22(24-27-17(4)18(5)30-24)15(2)13-21(28-23)25-12-11-20-9-10-20/h13,16,19-20,29H,6-12,14H2,1-5H3,(H2,25,26,28)/t16-,19+/m1/s1. The number of anilines is 2. The van der Waals surface area contributed by atoms with Gasteiger partial charge in [-0.3, -0.25) is 0 Å². The average molecular weight is 431 g/mol. The highest BCUT2D eigenvalue weighted by molar-refractivity contribution is 7.15. The summed E-state index contributed by atoms with van der Waals surface area (Å²) in [5, 5.41) is 17.7. The molecule has 6 heteroatoms. The summed E-state index contributed by atoms with van der Waals surface area (Å²) in [5.41, 5.74) is 3.41. The number of hydrogen-bond donors (Lipinski definition) is 3. The van der Waals surface area contributed by atoms with E-state index < -0.39 is 0 Å². The minimum Gasteiger partial charge on any atom is -0.396 e. The zero-order chi connectivity index (χ0) is 21.7. The molecule has 0 bridgehead atoms. The van der Waals surface area contributed by atoms with Crippen LogP contribution in [0, 0.1) is 32.6 Å². The third kappa shape index (κ3) is 6.17. The molecule has 1 aliphatic rings. The monoisotopic (exact) mass is 430 g/mol. The Bertz CT molecular complexity index is 807. The van der Waals surface area contributed by atoms with Crippen molar-refractivity contribution in [3.05, 3.63) is 22.2 Å². The molecule has 30 heavy (non-hydrogen) atoms. The van der Waals surface area contributed by atoms with Crippen LogP contribution in [0.25, 0.3) is 10.6 Å². The van der Waals surface area contributed by atoms with Crippen LogP contribution in [-0.2, 0) is 0 Å².